The van der Waals surface area contributed by atoms with Gasteiger partial charge >= 0.3 is 0 Å². The molecule has 0 aliphatic rings. The summed E-state index contributed by atoms with van der Waals surface area (Å²) in [5.74, 6) is -0.485. The van der Waals surface area contributed by atoms with Crippen molar-refractivity contribution >= 4 is 22.8 Å². The molecule has 2 heterocycles. The maximum Gasteiger partial charge on any atom is 0.253 e. The average molecular weight is 315 g/mol. The lowest BCUT2D eigenvalue weighted by Gasteiger charge is -2.10. The van der Waals surface area contributed by atoms with Gasteiger partial charge in [0.25, 0.3) is 5.91 Å². The summed E-state index contributed by atoms with van der Waals surface area (Å²) in [5.41, 5.74) is 1.93. The smallest absolute Gasteiger partial charge is 0.253 e. The monoisotopic (exact) mass is 315 g/mol. The van der Waals surface area contributed by atoms with Gasteiger partial charge in [0.15, 0.2) is 5.65 Å². The van der Waals surface area contributed by atoms with E-state index in [1.54, 1.807) is 19.2 Å². The van der Waals surface area contributed by atoms with Gasteiger partial charge in [-0.15, -0.1) is 0 Å². The number of nitrogens with one attached hydrogen (secondary N) is 2. The molecular formula is C16H21N5O2. The van der Waals surface area contributed by atoms with Crippen LogP contribution in [-0.2, 0) is 4.79 Å². The molecule has 122 valence electrons. The molecule has 2 rings (SSSR count). The first-order chi connectivity index (χ1) is 10.9. The van der Waals surface area contributed by atoms with Crippen LogP contribution in [0, 0.1) is 6.92 Å². The van der Waals surface area contributed by atoms with E-state index >= 15 is 0 Å². The van der Waals surface area contributed by atoms with E-state index in [1.165, 1.54) is 6.08 Å². The third kappa shape index (κ3) is 3.74. The molecule has 2 aromatic heterocycles. The fourth-order valence-corrected chi connectivity index (χ4v) is 2.20. The average Bonchev–Trinajstić information content (AvgIpc) is 2.93. The molecule has 0 radical (unpaired) electrons. The van der Waals surface area contributed by atoms with E-state index in [0.717, 1.165) is 11.0 Å². The van der Waals surface area contributed by atoms with Gasteiger partial charge in [-0.05, 0) is 32.9 Å². The molecule has 2 amide bonds. The van der Waals surface area contributed by atoms with Gasteiger partial charge in [-0.25, -0.2) is 9.67 Å². The van der Waals surface area contributed by atoms with E-state index in [1.807, 2.05) is 18.5 Å². The van der Waals surface area contributed by atoms with Crippen LogP contribution in [-0.4, -0.2) is 39.7 Å². The van der Waals surface area contributed by atoms with Crippen molar-refractivity contribution in [2.75, 3.05) is 13.1 Å². The molecule has 23 heavy (non-hydrogen) atoms. The van der Waals surface area contributed by atoms with E-state index in [2.05, 4.69) is 27.3 Å². The summed E-state index contributed by atoms with van der Waals surface area (Å²) in [5, 5.41) is 10.5. The van der Waals surface area contributed by atoms with Crippen molar-refractivity contribution in [2.45, 2.75) is 26.8 Å². The number of hydrogen-bond donors (Lipinski definition) is 2. The molecule has 0 atom stereocenters. The zero-order valence-corrected chi connectivity index (χ0v) is 13.6. The molecule has 0 bridgehead atoms. The van der Waals surface area contributed by atoms with Crippen molar-refractivity contribution in [1.29, 1.82) is 0 Å². The zero-order chi connectivity index (χ0) is 17.0. The Balaban J connectivity index is 2.10. The lowest BCUT2D eigenvalue weighted by atomic mass is 10.1. The van der Waals surface area contributed by atoms with Crippen LogP contribution in [0.15, 0.2) is 24.9 Å². The highest BCUT2D eigenvalue weighted by molar-refractivity contribution is 5.98. The van der Waals surface area contributed by atoms with Crippen LogP contribution < -0.4 is 10.6 Å². The van der Waals surface area contributed by atoms with Gasteiger partial charge < -0.3 is 10.6 Å². The van der Waals surface area contributed by atoms with Crippen LogP contribution in [0.2, 0.25) is 0 Å². The minimum Gasteiger partial charge on any atom is -0.351 e. The Morgan fingerprint density at radius 1 is 1.35 bits per heavy atom. The van der Waals surface area contributed by atoms with Gasteiger partial charge in [-0.1, -0.05) is 6.58 Å². The number of carbonyl (C=O) groups is 2. The molecule has 0 aromatic carbocycles. The quantitative estimate of drug-likeness (QED) is 0.622. The Morgan fingerprint density at radius 2 is 2.04 bits per heavy atom. The zero-order valence-electron chi connectivity index (χ0n) is 13.6. The van der Waals surface area contributed by atoms with E-state index in [0.29, 0.717) is 24.3 Å². The molecular weight excluding hydrogens is 294 g/mol. The highest BCUT2D eigenvalue weighted by atomic mass is 16.2. The SMILES string of the molecule is C=CC(=O)NCCNC(=O)c1cc2cnn(C(C)C)c2nc1C. The second-order valence-corrected chi connectivity index (χ2v) is 5.47. The fourth-order valence-electron chi connectivity index (χ4n) is 2.20. The maximum atomic E-state index is 12.3. The number of aromatic nitrogens is 3. The van der Waals surface area contributed by atoms with Gasteiger partial charge in [0, 0.05) is 24.5 Å². The first kappa shape index (κ1) is 16.7. The normalized spacial score (nSPS) is 10.8. The third-order valence-corrected chi connectivity index (χ3v) is 3.39. The number of rotatable bonds is 6. The Kier molecular flexibility index (Phi) is 5.10. The predicted octanol–water partition coefficient (Wildman–Crippen LogP) is 1.35. The number of fused-ring (bicyclic) bond motifs is 1. The Hall–Kier alpha value is -2.70. The molecule has 0 aliphatic heterocycles. The highest BCUT2D eigenvalue weighted by Crippen LogP contribution is 2.19. The highest BCUT2D eigenvalue weighted by Gasteiger charge is 2.14. The lowest BCUT2D eigenvalue weighted by Crippen LogP contribution is -2.34. The minimum absolute atomic E-state index is 0.201. The van der Waals surface area contributed by atoms with Crippen LogP contribution in [0.5, 0.6) is 0 Å². The number of hydrogen-bond acceptors (Lipinski definition) is 4. The van der Waals surface area contributed by atoms with Crippen molar-refractivity contribution in [3.8, 4) is 0 Å². The van der Waals surface area contributed by atoms with Gasteiger partial charge in [0.05, 0.1) is 17.5 Å². The second-order valence-electron chi connectivity index (χ2n) is 5.47. The molecule has 0 aliphatic carbocycles. The summed E-state index contributed by atoms with van der Waals surface area (Å²) >= 11 is 0. The lowest BCUT2D eigenvalue weighted by molar-refractivity contribution is -0.116. The Labute approximate surface area is 134 Å². The standard InChI is InChI=1S/C16H21N5O2/c1-5-14(22)17-6-7-18-16(23)13-8-12-9-19-21(10(2)3)15(12)20-11(13)4/h5,8-10H,1,6-7H2,2-4H3,(H,17,22)(H,18,23). The molecule has 2 aromatic rings. The fraction of sp³-hybridized carbons (Fsp3) is 0.375. The minimum atomic E-state index is -0.264. The first-order valence-corrected chi connectivity index (χ1v) is 7.47. The van der Waals surface area contributed by atoms with E-state index in [4.69, 9.17) is 0 Å². The molecule has 2 N–H and O–H groups in total. The molecule has 7 heteroatoms. The second kappa shape index (κ2) is 7.04. The van der Waals surface area contributed by atoms with Crippen molar-refractivity contribution < 1.29 is 9.59 Å². The Morgan fingerprint density at radius 3 is 2.70 bits per heavy atom. The number of nitrogens with zero attached hydrogens (tertiary/aromatic N) is 3. The third-order valence-electron chi connectivity index (χ3n) is 3.39. The molecule has 0 unspecified atom stereocenters. The number of carbonyl (C=O) groups excluding carboxylic acids is 2. The van der Waals surface area contributed by atoms with Crippen LogP contribution in [0.3, 0.4) is 0 Å². The van der Waals surface area contributed by atoms with Crippen LogP contribution in [0.1, 0.15) is 35.9 Å². The molecule has 0 spiro atoms. The topological polar surface area (TPSA) is 88.9 Å². The van der Waals surface area contributed by atoms with Crippen LogP contribution in [0.4, 0.5) is 0 Å². The number of amides is 2. The van der Waals surface area contributed by atoms with Crippen molar-refractivity contribution in [2.24, 2.45) is 0 Å². The number of aryl methyl sites for hydroxylation is 1. The van der Waals surface area contributed by atoms with Gasteiger partial charge in [-0.2, -0.15) is 5.10 Å². The summed E-state index contributed by atoms with van der Waals surface area (Å²) < 4.78 is 1.83. The van der Waals surface area contributed by atoms with Crippen LogP contribution in [0.25, 0.3) is 11.0 Å². The van der Waals surface area contributed by atoms with Crippen molar-refractivity contribution in [1.82, 2.24) is 25.4 Å². The molecule has 7 nitrogen and oxygen atoms in total. The number of pyridine rings is 1. The summed E-state index contributed by atoms with van der Waals surface area (Å²) in [6.07, 6.45) is 2.90. The predicted molar refractivity (Wildman–Crippen MR) is 88.2 cm³/mol. The maximum absolute atomic E-state index is 12.3. The van der Waals surface area contributed by atoms with Crippen molar-refractivity contribution in [3.05, 3.63) is 36.2 Å². The van der Waals surface area contributed by atoms with Gasteiger partial charge in [-0.3, -0.25) is 9.59 Å². The summed E-state index contributed by atoms with van der Waals surface area (Å²) in [6.45, 7) is 9.90. The van der Waals surface area contributed by atoms with Gasteiger partial charge in [0.2, 0.25) is 5.91 Å². The van der Waals surface area contributed by atoms with E-state index in [9.17, 15) is 9.59 Å². The first-order valence-electron chi connectivity index (χ1n) is 7.47. The van der Waals surface area contributed by atoms with E-state index in [-0.39, 0.29) is 17.9 Å². The van der Waals surface area contributed by atoms with Crippen molar-refractivity contribution in [3.63, 3.8) is 0 Å². The van der Waals surface area contributed by atoms with Gasteiger partial charge in [0.1, 0.15) is 0 Å². The summed E-state index contributed by atoms with van der Waals surface area (Å²) in [4.78, 5) is 27.8. The summed E-state index contributed by atoms with van der Waals surface area (Å²) in [7, 11) is 0. The largest absolute Gasteiger partial charge is 0.351 e. The molecule has 0 saturated heterocycles. The summed E-state index contributed by atoms with van der Waals surface area (Å²) in [6, 6.07) is 1.99. The molecule has 0 saturated carbocycles. The molecule has 0 fully saturated rings. The Bertz CT molecular complexity index is 748. The van der Waals surface area contributed by atoms with Crippen LogP contribution >= 0.6 is 0 Å². The van der Waals surface area contributed by atoms with E-state index < -0.39 is 0 Å².